The topological polar surface area (TPSA) is 86.8 Å². The first-order valence-electron chi connectivity index (χ1n) is 10.7. The van der Waals surface area contributed by atoms with Crippen LogP contribution < -0.4 is 10.2 Å². The van der Waals surface area contributed by atoms with Crippen molar-refractivity contribution in [2.45, 2.75) is 11.8 Å². The number of Topliss-reactive ketones (excluding diaryl/α,β-unsaturated/α-hetero) is 1. The molecule has 1 N–H and O–H groups in total. The number of anilines is 2. The van der Waals surface area contributed by atoms with Crippen LogP contribution >= 0.6 is 0 Å². The third-order valence-corrected chi connectivity index (χ3v) is 7.52. The third kappa shape index (κ3) is 5.13. The van der Waals surface area contributed by atoms with Crippen molar-refractivity contribution in [2.24, 2.45) is 0 Å². The first-order valence-corrected chi connectivity index (χ1v) is 12.1. The Hall–Kier alpha value is -3.49. The van der Waals surface area contributed by atoms with Gasteiger partial charge in [0, 0.05) is 48.7 Å². The largest absolute Gasteiger partial charge is 0.369 e. The average Bonchev–Trinajstić information content (AvgIpc) is 2.85. The molecule has 4 rings (SSSR count). The summed E-state index contributed by atoms with van der Waals surface area (Å²) in [7, 11) is -3.73. The maximum absolute atomic E-state index is 13.2. The van der Waals surface area contributed by atoms with Gasteiger partial charge in [0.25, 0.3) is 5.91 Å². The van der Waals surface area contributed by atoms with Gasteiger partial charge in [-0.2, -0.15) is 4.31 Å². The molecule has 1 heterocycles. The lowest BCUT2D eigenvalue weighted by Crippen LogP contribution is -2.48. The normalized spacial score (nSPS) is 14.6. The molecule has 0 spiro atoms. The summed E-state index contributed by atoms with van der Waals surface area (Å²) in [6.07, 6.45) is 0. The maximum Gasteiger partial charge on any atom is 0.255 e. The molecule has 1 amide bonds. The Morgan fingerprint density at radius 3 is 2.15 bits per heavy atom. The Morgan fingerprint density at radius 1 is 0.788 bits per heavy atom. The molecule has 7 nitrogen and oxygen atoms in total. The lowest BCUT2D eigenvalue weighted by Gasteiger charge is -2.35. The fourth-order valence-electron chi connectivity index (χ4n) is 3.79. The van der Waals surface area contributed by atoms with Crippen LogP contribution in [0.3, 0.4) is 0 Å². The second-order valence-corrected chi connectivity index (χ2v) is 9.78. The summed E-state index contributed by atoms with van der Waals surface area (Å²) < 4.78 is 27.9. The van der Waals surface area contributed by atoms with Crippen LogP contribution in [0.5, 0.6) is 0 Å². The zero-order chi connectivity index (χ0) is 23.4. The molecule has 1 aliphatic rings. The summed E-state index contributed by atoms with van der Waals surface area (Å²) in [6, 6.07) is 22.6. The number of hydrogen-bond acceptors (Lipinski definition) is 5. The van der Waals surface area contributed by atoms with Crippen LogP contribution in [-0.4, -0.2) is 50.6 Å². The Labute approximate surface area is 193 Å². The van der Waals surface area contributed by atoms with E-state index in [0.29, 0.717) is 37.4 Å². The summed E-state index contributed by atoms with van der Waals surface area (Å²) in [6.45, 7) is 3.37. The van der Waals surface area contributed by atoms with Crippen molar-refractivity contribution in [1.29, 1.82) is 0 Å². The van der Waals surface area contributed by atoms with Gasteiger partial charge in [-0.3, -0.25) is 9.59 Å². The summed E-state index contributed by atoms with van der Waals surface area (Å²) in [5.74, 6) is -0.548. The molecule has 3 aromatic carbocycles. The van der Waals surface area contributed by atoms with E-state index in [1.54, 1.807) is 36.4 Å². The fraction of sp³-hybridized carbons (Fsp3) is 0.200. The number of nitrogens with zero attached hydrogens (tertiary/aromatic N) is 2. The van der Waals surface area contributed by atoms with Crippen molar-refractivity contribution in [2.75, 3.05) is 36.4 Å². The summed E-state index contributed by atoms with van der Waals surface area (Å²) in [4.78, 5) is 26.6. The van der Waals surface area contributed by atoms with Gasteiger partial charge in [-0.1, -0.05) is 36.4 Å². The molecule has 0 bridgehead atoms. The molecule has 0 aliphatic carbocycles. The number of carbonyl (C=O) groups excluding carboxylic acids is 2. The zero-order valence-corrected chi connectivity index (χ0v) is 19.1. The molecule has 0 saturated carbocycles. The van der Waals surface area contributed by atoms with Gasteiger partial charge in [-0.15, -0.1) is 0 Å². The van der Waals surface area contributed by atoms with Crippen LogP contribution in [0.4, 0.5) is 11.4 Å². The van der Waals surface area contributed by atoms with Gasteiger partial charge >= 0.3 is 0 Å². The van der Waals surface area contributed by atoms with E-state index in [9.17, 15) is 18.0 Å². The first kappa shape index (κ1) is 22.7. The predicted molar refractivity (Wildman–Crippen MR) is 128 cm³/mol. The van der Waals surface area contributed by atoms with E-state index in [1.165, 1.54) is 23.4 Å². The number of carbonyl (C=O) groups is 2. The smallest absolute Gasteiger partial charge is 0.255 e. The van der Waals surface area contributed by atoms with Gasteiger partial charge in [0.1, 0.15) is 0 Å². The molecular formula is C25H25N3O4S. The number of para-hydroxylation sites is 1. The number of piperazine rings is 1. The monoisotopic (exact) mass is 463 g/mol. The number of sulfonamides is 1. The van der Waals surface area contributed by atoms with Crippen LogP contribution in [0.2, 0.25) is 0 Å². The Kier molecular flexibility index (Phi) is 6.57. The summed E-state index contributed by atoms with van der Waals surface area (Å²) in [5, 5.41) is 2.73. The molecule has 0 unspecified atom stereocenters. The SMILES string of the molecule is CC(=O)c1cccc(NC(=O)c2cccc(S(=O)(=O)N3CCN(c4ccccc4)CC3)c2)c1. The Bertz CT molecular complexity index is 1270. The van der Waals surface area contributed by atoms with Gasteiger partial charge < -0.3 is 10.2 Å². The Morgan fingerprint density at radius 2 is 1.45 bits per heavy atom. The van der Waals surface area contributed by atoms with Gasteiger partial charge in [0.2, 0.25) is 10.0 Å². The third-order valence-electron chi connectivity index (χ3n) is 5.62. The maximum atomic E-state index is 13.2. The van der Waals surface area contributed by atoms with Crippen LogP contribution in [-0.2, 0) is 10.0 Å². The van der Waals surface area contributed by atoms with E-state index in [1.807, 2.05) is 30.3 Å². The first-order chi connectivity index (χ1) is 15.8. The predicted octanol–water partition coefficient (Wildman–Crippen LogP) is 3.65. The quantitative estimate of drug-likeness (QED) is 0.564. The van der Waals surface area contributed by atoms with Crippen LogP contribution in [0.15, 0.2) is 83.8 Å². The number of benzene rings is 3. The number of amides is 1. The van der Waals surface area contributed by atoms with Gasteiger partial charge in [-0.25, -0.2) is 8.42 Å². The fourth-order valence-corrected chi connectivity index (χ4v) is 5.26. The van der Waals surface area contributed by atoms with Crippen molar-refractivity contribution >= 4 is 33.1 Å². The molecular weight excluding hydrogens is 438 g/mol. The zero-order valence-electron chi connectivity index (χ0n) is 18.3. The number of rotatable bonds is 6. The number of ketones is 1. The van der Waals surface area contributed by atoms with Crippen LogP contribution in [0.25, 0.3) is 0 Å². The Balaban J connectivity index is 1.47. The minimum atomic E-state index is -3.73. The molecule has 3 aromatic rings. The minimum Gasteiger partial charge on any atom is -0.369 e. The van der Waals surface area contributed by atoms with E-state index in [0.717, 1.165) is 5.69 Å². The molecule has 1 saturated heterocycles. The van der Waals surface area contributed by atoms with Crippen molar-refractivity contribution in [3.63, 3.8) is 0 Å². The van der Waals surface area contributed by atoms with Crippen molar-refractivity contribution in [3.8, 4) is 0 Å². The second-order valence-electron chi connectivity index (χ2n) is 7.85. The lowest BCUT2D eigenvalue weighted by atomic mass is 10.1. The van der Waals surface area contributed by atoms with Gasteiger partial charge in [-0.05, 0) is 49.4 Å². The molecule has 0 atom stereocenters. The van der Waals surface area contributed by atoms with Crippen LogP contribution in [0.1, 0.15) is 27.6 Å². The highest BCUT2D eigenvalue weighted by Gasteiger charge is 2.29. The highest BCUT2D eigenvalue weighted by atomic mass is 32.2. The highest BCUT2D eigenvalue weighted by Crippen LogP contribution is 2.22. The minimum absolute atomic E-state index is 0.0841. The van der Waals surface area contributed by atoms with E-state index >= 15 is 0 Å². The summed E-state index contributed by atoms with van der Waals surface area (Å²) in [5.41, 5.74) is 2.26. The van der Waals surface area contributed by atoms with Gasteiger partial charge in [0.15, 0.2) is 5.78 Å². The van der Waals surface area contributed by atoms with Gasteiger partial charge in [0.05, 0.1) is 4.90 Å². The van der Waals surface area contributed by atoms with Crippen molar-refractivity contribution < 1.29 is 18.0 Å². The highest BCUT2D eigenvalue weighted by molar-refractivity contribution is 7.89. The molecule has 0 radical (unpaired) electrons. The van der Waals surface area contributed by atoms with E-state index in [4.69, 9.17) is 0 Å². The second kappa shape index (κ2) is 9.56. The van der Waals surface area contributed by atoms with E-state index in [-0.39, 0.29) is 16.2 Å². The average molecular weight is 464 g/mol. The molecule has 1 fully saturated rings. The number of nitrogens with one attached hydrogen (secondary N) is 1. The molecule has 8 heteroatoms. The standard InChI is InChI=1S/C25H25N3O4S/c1-19(29)20-7-5-9-22(17-20)26-25(30)21-8-6-12-24(18-21)33(31,32)28-15-13-27(14-16-28)23-10-3-2-4-11-23/h2-12,17-18H,13-16H2,1H3,(H,26,30). The van der Waals surface area contributed by atoms with Crippen molar-refractivity contribution in [3.05, 3.63) is 90.0 Å². The molecule has 1 aliphatic heterocycles. The van der Waals surface area contributed by atoms with E-state index < -0.39 is 15.9 Å². The number of hydrogen-bond donors (Lipinski definition) is 1. The molecule has 33 heavy (non-hydrogen) atoms. The molecule has 0 aromatic heterocycles. The van der Waals surface area contributed by atoms with Crippen LogP contribution in [0, 0.1) is 0 Å². The van der Waals surface area contributed by atoms with Crippen molar-refractivity contribution in [1.82, 2.24) is 4.31 Å². The summed E-state index contributed by atoms with van der Waals surface area (Å²) >= 11 is 0. The molecule has 170 valence electrons. The van der Waals surface area contributed by atoms with E-state index in [2.05, 4.69) is 10.2 Å². The lowest BCUT2D eigenvalue weighted by molar-refractivity contribution is 0.101.